The van der Waals surface area contributed by atoms with E-state index >= 15 is 0 Å². The van der Waals surface area contributed by atoms with Gasteiger partial charge in [-0.3, -0.25) is 4.79 Å². The van der Waals surface area contributed by atoms with Gasteiger partial charge in [0, 0.05) is 17.1 Å². The lowest BCUT2D eigenvalue weighted by molar-refractivity contribution is 0.0641. The van der Waals surface area contributed by atoms with Crippen LogP contribution >= 0.6 is 28.3 Å². The van der Waals surface area contributed by atoms with E-state index in [9.17, 15) is 4.79 Å². The first-order valence-corrected chi connectivity index (χ1v) is 8.20. The Morgan fingerprint density at radius 3 is 2.62 bits per heavy atom. The van der Waals surface area contributed by atoms with Gasteiger partial charge in [0.1, 0.15) is 0 Å². The second-order valence-corrected chi connectivity index (χ2v) is 6.32. The zero-order chi connectivity index (χ0) is 14.5. The monoisotopic (exact) mass is 374 g/mol. The highest BCUT2D eigenvalue weighted by molar-refractivity contribution is 9.10. The molecule has 0 saturated carbocycles. The lowest BCUT2D eigenvalue weighted by atomic mass is 10.0. The van der Waals surface area contributed by atoms with Crippen LogP contribution in [-0.2, 0) is 0 Å². The maximum atomic E-state index is 12.8. The number of rotatable bonds is 4. The molecule has 1 amide bonds. The molecule has 1 aromatic carbocycles. The van der Waals surface area contributed by atoms with Crippen molar-refractivity contribution >= 4 is 34.2 Å². The summed E-state index contributed by atoms with van der Waals surface area (Å²) in [6.45, 7) is 7.02. The molecule has 0 atom stereocenters. The van der Waals surface area contributed by atoms with Gasteiger partial charge in [-0.2, -0.15) is 0 Å². The number of carbonyl (C=O) groups excluding carboxylic acids is 1. The zero-order valence-corrected chi connectivity index (χ0v) is 15.1. The Hall–Kier alpha value is -0.580. The zero-order valence-electron chi connectivity index (χ0n) is 12.7. The molecule has 1 aromatic rings. The van der Waals surface area contributed by atoms with Gasteiger partial charge in [-0.05, 0) is 72.9 Å². The number of amides is 1. The van der Waals surface area contributed by atoms with E-state index in [2.05, 4.69) is 33.1 Å². The molecule has 118 valence electrons. The maximum absolute atomic E-state index is 12.8. The van der Waals surface area contributed by atoms with Crippen molar-refractivity contribution in [1.82, 2.24) is 10.2 Å². The number of carbonyl (C=O) groups is 1. The SMILES string of the molecule is CCCN(C(=O)c1ccc(C)cc1Br)C1CCNCC1.Cl. The molecular weight excluding hydrogens is 352 g/mol. The van der Waals surface area contributed by atoms with Crippen molar-refractivity contribution in [2.45, 2.75) is 39.2 Å². The molecule has 2 rings (SSSR count). The summed E-state index contributed by atoms with van der Waals surface area (Å²) in [6, 6.07) is 6.33. The third-order valence-corrected chi connectivity index (χ3v) is 4.49. The van der Waals surface area contributed by atoms with Gasteiger partial charge in [0.05, 0.1) is 5.56 Å². The van der Waals surface area contributed by atoms with Crippen molar-refractivity contribution < 1.29 is 4.79 Å². The van der Waals surface area contributed by atoms with Gasteiger partial charge in [-0.25, -0.2) is 0 Å². The number of nitrogens with zero attached hydrogens (tertiary/aromatic N) is 1. The van der Waals surface area contributed by atoms with Crippen LogP contribution in [0.5, 0.6) is 0 Å². The maximum Gasteiger partial charge on any atom is 0.255 e. The number of hydrogen-bond acceptors (Lipinski definition) is 2. The van der Waals surface area contributed by atoms with Crippen LogP contribution in [0.1, 0.15) is 42.1 Å². The fraction of sp³-hybridized carbons (Fsp3) is 0.562. The largest absolute Gasteiger partial charge is 0.336 e. The van der Waals surface area contributed by atoms with Crippen LogP contribution in [0, 0.1) is 6.92 Å². The van der Waals surface area contributed by atoms with Crippen LogP contribution in [0.3, 0.4) is 0 Å². The first kappa shape index (κ1) is 18.5. The summed E-state index contributed by atoms with van der Waals surface area (Å²) >= 11 is 3.53. The third kappa shape index (κ3) is 4.70. The first-order valence-electron chi connectivity index (χ1n) is 7.41. The van der Waals surface area contributed by atoms with E-state index in [4.69, 9.17) is 0 Å². The molecule has 0 aliphatic carbocycles. The number of nitrogens with one attached hydrogen (secondary N) is 1. The van der Waals surface area contributed by atoms with Gasteiger partial charge in [-0.1, -0.05) is 13.0 Å². The summed E-state index contributed by atoms with van der Waals surface area (Å²) < 4.78 is 0.900. The van der Waals surface area contributed by atoms with Crippen molar-refractivity contribution in [2.75, 3.05) is 19.6 Å². The van der Waals surface area contributed by atoms with E-state index < -0.39 is 0 Å². The molecule has 1 aliphatic rings. The molecule has 0 aromatic heterocycles. The van der Waals surface area contributed by atoms with Gasteiger partial charge < -0.3 is 10.2 Å². The van der Waals surface area contributed by atoms with Crippen LogP contribution in [0.4, 0.5) is 0 Å². The number of benzene rings is 1. The lowest BCUT2D eigenvalue weighted by Gasteiger charge is -2.35. The van der Waals surface area contributed by atoms with Crippen LogP contribution < -0.4 is 5.32 Å². The molecule has 3 nitrogen and oxygen atoms in total. The van der Waals surface area contributed by atoms with Gasteiger partial charge in [0.25, 0.3) is 5.91 Å². The van der Waals surface area contributed by atoms with Crippen LogP contribution in [0.2, 0.25) is 0 Å². The Labute approximate surface area is 142 Å². The Bertz CT molecular complexity index is 475. The van der Waals surface area contributed by atoms with Gasteiger partial charge in [0.2, 0.25) is 0 Å². The van der Waals surface area contributed by atoms with Crippen molar-refractivity contribution in [2.24, 2.45) is 0 Å². The molecule has 1 aliphatic heterocycles. The third-order valence-electron chi connectivity index (χ3n) is 3.83. The Balaban J connectivity index is 0.00000220. The van der Waals surface area contributed by atoms with E-state index in [-0.39, 0.29) is 18.3 Å². The Morgan fingerprint density at radius 1 is 1.38 bits per heavy atom. The second-order valence-electron chi connectivity index (χ2n) is 5.46. The predicted molar refractivity (Wildman–Crippen MR) is 93.3 cm³/mol. The number of piperidine rings is 1. The molecule has 1 saturated heterocycles. The molecule has 0 spiro atoms. The Kier molecular flexibility index (Phi) is 7.71. The normalized spacial score (nSPS) is 15.4. The molecule has 21 heavy (non-hydrogen) atoms. The van der Waals surface area contributed by atoms with E-state index in [1.54, 1.807) is 0 Å². The topological polar surface area (TPSA) is 32.3 Å². The second kappa shape index (κ2) is 8.76. The molecule has 0 bridgehead atoms. The standard InChI is InChI=1S/C16H23BrN2O.ClH/c1-3-10-19(13-6-8-18-9-7-13)16(20)14-5-4-12(2)11-15(14)17;/h4-5,11,13,18H,3,6-10H2,1-2H3;1H. The average molecular weight is 376 g/mol. The number of hydrogen-bond donors (Lipinski definition) is 1. The van der Waals surface area contributed by atoms with Crippen LogP contribution in [-0.4, -0.2) is 36.5 Å². The van der Waals surface area contributed by atoms with Crippen LogP contribution in [0.15, 0.2) is 22.7 Å². The van der Waals surface area contributed by atoms with E-state index in [0.29, 0.717) is 6.04 Å². The summed E-state index contributed by atoms with van der Waals surface area (Å²) in [5.74, 6) is 0.158. The molecular formula is C16H24BrClN2O. The highest BCUT2D eigenvalue weighted by Gasteiger charge is 2.26. The summed E-state index contributed by atoms with van der Waals surface area (Å²) in [7, 11) is 0. The minimum atomic E-state index is 0. The quantitative estimate of drug-likeness (QED) is 0.868. The van der Waals surface area contributed by atoms with Gasteiger partial charge >= 0.3 is 0 Å². The van der Waals surface area contributed by atoms with Crippen molar-refractivity contribution in [1.29, 1.82) is 0 Å². The molecule has 1 fully saturated rings. The number of halogens is 2. The minimum absolute atomic E-state index is 0. The molecule has 0 unspecified atom stereocenters. The molecule has 0 radical (unpaired) electrons. The highest BCUT2D eigenvalue weighted by Crippen LogP contribution is 2.23. The molecule has 1 heterocycles. The predicted octanol–water partition coefficient (Wildman–Crippen LogP) is 3.78. The van der Waals surface area contributed by atoms with Gasteiger partial charge in [0.15, 0.2) is 0 Å². The molecule has 1 N–H and O–H groups in total. The summed E-state index contributed by atoms with van der Waals surface area (Å²) in [6.07, 6.45) is 3.10. The van der Waals surface area contributed by atoms with Crippen molar-refractivity contribution in [3.63, 3.8) is 0 Å². The fourth-order valence-electron chi connectivity index (χ4n) is 2.76. The lowest BCUT2D eigenvalue weighted by Crippen LogP contribution is -2.46. The van der Waals surface area contributed by atoms with E-state index in [1.807, 2.05) is 25.1 Å². The smallest absolute Gasteiger partial charge is 0.255 e. The van der Waals surface area contributed by atoms with Crippen LogP contribution in [0.25, 0.3) is 0 Å². The summed E-state index contributed by atoms with van der Waals surface area (Å²) in [5, 5.41) is 3.36. The van der Waals surface area contributed by atoms with E-state index in [0.717, 1.165) is 54.5 Å². The first-order chi connectivity index (χ1) is 9.63. The average Bonchev–Trinajstić information content (AvgIpc) is 2.45. The van der Waals surface area contributed by atoms with Crippen molar-refractivity contribution in [3.8, 4) is 0 Å². The number of aryl methyl sites for hydroxylation is 1. The van der Waals surface area contributed by atoms with E-state index in [1.165, 1.54) is 0 Å². The highest BCUT2D eigenvalue weighted by atomic mass is 79.9. The fourth-order valence-corrected chi connectivity index (χ4v) is 3.42. The Morgan fingerprint density at radius 2 is 2.05 bits per heavy atom. The molecule has 5 heteroatoms. The summed E-state index contributed by atoms with van der Waals surface area (Å²) in [5.41, 5.74) is 1.94. The minimum Gasteiger partial charge on any atom is -0.336 e. The van der Waals surface area contributed by atoms with Gasteiger partial charge in [-0.15, -0.1) is 12.4 Å². The van der Waals surface area contributed by atoms with Crippen molar-refractivity contribution in [3.05, 3.63) is 33.8 Å². The summed E-state index contributed by atoms with van der Waals surface area (Å²) in [4.78, 5) is 14.9.